The Bertz CT molecular complexity index is 467. The molecule has 0 bridgehead atoms. The first-order valence-electron chi connectivity index (χ1n) is 7.00. The topological polar surface area (TPSA) is 39.1 Å². The summed E-state index contributed by atoms with van der Waals surface area (Å²) in [4.78, 5) is 2.37. The Kier molecular flexibility index (Phi) is 4.11. The summed E-state index contributed by atoms with van der Waals surface area (Å²) >= 11 is 0. The first kappa shape index (κ1) is 13.9. The number of anilines is 1. The SMILES string of the molecule is CNC1(C#N)CCC(N(C)c2cccc(C)c2)CC1. The Hall–Kier alpha value is -1.53. The number of nitriles is 1. The van der Waals surface area contributed by atoms with Crippen LogP contribution in [0.3, 0.4) is 0 Å². The molecule has 1 aliphatic carbocycles. The van der Waals surface area contributed by atoms with Crippen molar-refractivity contribution in [3.8, 4) is 6.07 Å². The Morgan fingerprint density at radius 1 is 1.37 bits per heavy atom. The highest BCUT2D eigenvalue weighted by atomic mass is 15.1. The van der Waals surface area contributed by atoms with Gasteiger partial charge in [0.15, 0.2) is 0 Å². The third kappa shape index (κ3) is 2.90. The van der Waals surface area contributed by atoms with E-state index >= 15 is 0 Å². The van der Waals surface area contributed by atoms with Gasteiger partial charge in [-0.2, -0.15) is 5.26 Å². The Morgan fingerprint density at radius 3 is 2.58 bits per heavy atom. The molecule has 1 aliphatic rings. The van der Waals surface area contributed by atoms with Gasteiger partial charge in [0, 0.05) is 18.8 Å². The quantitative estimate of drug-likeness (QED) is 0.905. The van der Waals surface area contributed by atoms with E-state index < -0.39 is 0 Å². The second-order valence-corrected chi connectivity index (χ2v) is 5.62. The highest BCUT2D eigenvalue weighted by Crippen LogP contribution is 2.32. The molecule has 1 fully saturated rings. The minimum absolute atomic E-state index is 0.302. The van der Waals surface area contributed by atoms with Crippen LogP contribution in [0, 0.1) is 18.3 Å². The molecule has 19 heavy (non-hydrogen) atoms. The average molecular weight is 257 g/mol. The molecule has 3 heteroatoms. The van der Waals surface area contributed by atoms with Gasteiger partial charge in [0.2, 0.25) is 0 Å². The molecule has 1 aromatic rings. The van der Waals surface area contributed by atoms with Crippen LogP contribution in [0.25, 0.3) is 0 Å². The molecule has 0 radical (unpaired) electrons. The van der Waals surface area contributed by atoms with Crippen molar-refractivity contribution >= 4 is 5.69 Å². The van der Waals surface area contributed by atoms with Crippen LogP contribution < -0.4 is 10.2 Å². The molecular weight excluding hydrogens is 234 g/mol. The highest BCUT2D eigenvalue weighted by Gasteiger charge is 2.35. The maximum atomic E-state index is 9.29. The lowest BCUT2D eigenvalue weighted by atomic mass is 9.80. The van der Waals surface area contributed by atoms with Crippen molar-refractivity contribution < 1.29 is 0 Å². The van der Waals surface area contributed by atoms with Crippen LogP contribution in [0.2, 0.25) is 0 Å². The Morgan fingerprint density at radius 2 is 2.05 bits per heavy atom. The van der Waals surface area contributed by atoms with Gasteiger partial charge in [0.1, 0.15) is 5.54 Å². The molecule has 0 saturated heterocycles. The second-order valence-electron chi connectivity index (χ2n) is 5.62. The number of nitrogens with one attached hydrogen (secondary N) is 1. The summed E-state index contributed by atoms with van der Waals surface area (Å²) in [6.07, 6.45) is 4.00. The lowest BCUT2D eigenvalue weighted by Gasteiger charge is -2.39. The van der Waals surface area contributed by atoms with E-state index in [4.69, 9.17) is 0 Å². The van der Waals surface area contributed by atoms with Crippen molar-refractivity contribution in [1.82, 2.24) is 5.32 Å². The largest absolute Gasteiger partial charge is 0.372 e. The van der Waals surface area contributed by atoms with Crippen LogP contribution in [0.5, 0.6) is 0 Å². The number of aryl methyl sites for hydroxylation is 1. The monoisotopic (exact) mass is 257 g/mol. The molecule has 3 nitrogen and oxygen atoms in total. The number of nitrogens with zero attached hydrogens (tertiary/aromatic N) is 2. The minimum atomic E-state index is -0.302. The molecule has 0 aliphatic heterocycles. The smallest absolute Gasteiger partial charge is 0.106 e. The first-order chi connectivity index (χ1) is 9.10. The van der Waals surface area contributed by atoms with Gasteiger partial charge in [-0.3, -0.25) is 0 Å². The zero-order valence-corrected chi connectivity index (χ0v) is 12.1. The molecule has 0 atom stereocenters. The number of benzene rings is 1. The number of hydrogen-bond acceptors (Lipinski definition) is 3. The highest BCUT2D eigenvalue weighted by molar-refractivity contribution is 5.48. The van der Waals surface area contributed by atoms with Gasteiger partial charge >= 0.3 is 0 Å². The van der Waals surface area contributed by atoms with Crippen molar-refractivity contribution in [2.75, 3.05) is 19.0 Å². The van der Waals surface area contributed by atoms with Gasteiger partial charge < -0.3 is 10.2 Å². The predicted molar refractivity (Wildman–Crippen MR) is 79.2 cm³/mol. The fraction of sp³-hybridized carbons (Fsp3) is 0.562. The van der Waals surface area contributed by atoms with Crippen molar-refractivity contribution in [2.45, 2.75) is 44.2 Å². The number of rotatable bonds is 3. The molecule has 0 amide bonds. The molecular formula is C16H23N3. The summed E-state index contributed by atoms with van der Waals surface area (Å²) < 4.78 is 0. The van der Waals surface area contributed by atoms with E-state index in [1.807, 2.05) is 7.05 Å². The van der Waals surface area contributed by atoms with Gasteiger partial charge in [-0.15, -0.1) is 0 Å². The standard InChI is InChI=1S/C16H23N3/c1-13-5-4-6-15(11-13)19(3)14-7-9-16(12-17,18-2)10-8-14/h4-6,11,14,18H,7-10H2,1-3H3. The first-order valence-corrected chi connectivity index (χ1v) is 7.00. The van der Waals surface area contributed by atoms with E-state index in [9.17, 15) is 5.26 Å². The summed E-state index contributed by atoms with van der Waals surface area (Å²) in [5.41, 5.74) is 2.27. The summed E-state index contributed by atoms with van der Waals surface area (Å²) in [5.74, 6) is 0. The maximum absolute atomic E-state index is 9.29. The molecule has 102 valence electrons. The van der Waals surface area contributed by atoms with Gasteiger partial charge in [-0.25, -0.2) is 0 Å². The maximum Gasteiger partial charge on any atom is 0.106 e. The summed E-state index contributed by atoms with van der Waals surface area (Å²) in [5, 5.41) is 12.5. The fourth-order valence-electron chi connectivity index (χ4n) is 2.96. The van der Waals surface area contributed by atoms with Crippen LogP contribution in [0.15, 0.2) is 24.3 Å². The lowest BCUT2D eigenvalue weighted by Crippen LogP contribution is -2.48. The van der Waals surface area contributed by atoms with E-state index in [-0.39, 0.29) is 5.54 Å². The van der Waals surface area contributed by atoms with Crippen LogP contribution in [0.4, 0.5) is 5.69 Å². The fourth-order valence-corrected chi connectivity index (χ4v) is 2.96. The van der Waals surface area contributed by atoms with Gasteiger partial charge in [0.05, 0.1) is 6.07 Å². The van der Waals surface area contributed by atoms with E-state index in [1.54, 1.807) is 0 Å². The molecule has 1 N–H and O–H groups in total. The number of hydrogen-bond donors (Lipinski definition) is 1. The van der Waals surface area contributed by atoms with Crippen molar-refractivity contribution in [1.29, 1.82) is 5.26 Å². The summed E-state index contributed by atoms with van der Waals surface area (Å²) in [6, 6.07) is 11.6. The Labute approximate surface area is 116 Å². The van der Waals surface area contributed by atoms with Crippen LogP contribution in [-0.4, -0.2) is 25.7 Å². The molecule has 2 rings (SSSR count). The molecule has 1 saturated carbocycles. The summed E-state index contributed by atoms with van der Waals surface area (Å²) in [7, 11) is 4.06. The minimum Gasteiger partial charge on any atom is -0.372 e. The molecule has 1 aromatic carbocycles. The lowest BCUT2D eigenvalue weighted by molar-refractivity contribution is 0.287. The predicted octanol–water partition coefficient (Wildman–Crippen LogP) is 2.86. The second kappa shape index (κ2) is 5.63. The zero-order chi connectivity index (χ0) is 13.9. The molecule has 0 unspecified atom stereocenters. The van der Waals surface area contributed by atoms with Gasteiger partial charge in [0.25, 0.3) is 0 Å². The molecule has 0 heterocycles. The van der Waals surface area contributed by atoms with Crippen molar-refractivity contribution in [2.24, 2.45) is 0 Å². The van der Waals surface area contributed by atoms with E-state index in [0.717, 1.165) is 25.7 Å². The van der Waals surface area contributed by atoms with E-state index in [1.165, 1.54) is 11.3 Å². The molecule has 0 aromatic heterocycles. The Balaban J connectivity index is 2.04. The van der Waals surface area contributed by atoms with Gasteiger partial charge in [-0.1, -0.05) is 12.1 Å². The van der Waals surface area contributed by atoms with Crippen molar-refractivity contribution in [3.05, 3.63) is 29.8 Å². The van der Waals surface area contributed by atoms with Crippen LogP contribution in [-0.2, 0) is 0 Å². The van der Waals surface area contributed by atoms with Crippen LogP contribution in [0.1, 0.15) is 31.2 Å². The van der Waals surface area contributed by atoms with Gasteiger partial charge in [-0.05, 0) is 57.4 Å². The third-order valence-corrected chi connectivity index (χ3v) is 4.46. The summed E-state index contributed by atoms with van der Waals surface area (Å²) in [6.45, 7) is 2.12. The third-order valence-electron chi connectivity index (χ3n) is 4.46. The van der Waals surface area contributed by atoms with Crippen molar-refractivity contribution in [3.63, 3.8) is 0 Å². The van der Waals surface area contributed by atoms with Crippen LogP contribution >= 0.6 is 0 Å². The zero-order valence-electron chi connectivity index (χ0n) is 12.1. The normalized spacial score (nSPS) is 26.7. The molecule has 0 spiro atoms. The average Bonchev–Trinajstić information content (AvgIpc) is 2.46. The van der Waals surface area contributed by atoms with E-state index in [0.29, 0.717) is 6.04 Å². The van der Waals surface area contributed by atoms with E-state index in [2.05, 4.69) is 54.5 Å².